The fourth-order valence-electron chi connectivity index (χ4n) is 1.94. The topological polar surface area (TPSA) is 0 Å². The van der Waals surface area contributed by atoms with Crippen molar-refractivity contribution >= 4 is 11.8 Å². The Balaban J connectivity index is 2.16. The van der Waals surface area contributed by atoms with E-state index in [1.807, 2.05) is 0 Å². The zero-order valence-electron chi connectivity index (χ0n) is 7.55. The van der Waals surface area contributed by atoms with E-state index in [-0.39, 0.29) is 0 Å². The van der Waals surface area contributed by atoms with Gasteiger partial charge in [-0.2, -0.15) is 11.8 Å². The molecule has 0 radical (unpaired) electrons. The summed E-state index contributed by atoms with van der Waals surface area (Å²) in [6.45, 7) is 7.08. The summed E-state index contributed by atoms with van der Waals surface area (Å²) < 4.78 is 0. The Morgan fingerprint density at radius 1 is 1.45 bits per heavy atom. The van der Waals surface area contributed by atoms with E-state index in [2.05, 4.69) is 38.6 Å². The molecule has 2 heterocycles. The lowest BCUT2D eigenvalue weighted by molar-refractivity contribution is 0.288. The average Bonchev–Trinajstić information content (AvgIpc) is 1.84. The van der Waals surface area contributed by atoms with Crippen molar-refractivity contribution in [3.63, 3.8) is 0 Å². The standard InChI is InChI=1S/C10H16S/c1-10(2,3)9-6-11-8-4-7(9)5-8/h4,8-9H,5-6H2,1-3H3/t8-,9-/m1/s1. The van der Waals surface area contributed by atoms with Crippen LogP contribution < -0.4 is 0 Å². The third-order valence-electron chi connectivity index (χ3n) is 2.81. The van der Waals surface area contributed by atoms with Crippen LogP contribution in [0.2, 0.25) is 0 Å². The van der Waals surface area contributed by atoms with Crippen LogP contribution in [0.3, 0.4) is 0 Å². The monoisotopic (exact) mass is 168 g/mol. The van der Waals surface area contributed by atoms with Crippen molar-refractivity contribution in [2.75, 3.05) is 5.75 Å². The molecule has 2 atom stereocenters. The molecule has 62 valence electrons. The maximum atomic E-state index is 2.48. The van der Waals surface area contributed by atoms with E-state index in [0.717, 1.165) is 11.2 Å². The molecule has 1 heteroatoms. The molecule has 1 aliphatic carbocycles. The lowest BCUT2D eigenvalue weighted by Gasteiger charge is -2.44. The molecule has 0 aromatic rings. The van der Waals surface area contributed by atoms with Crippen molar-refractivity contribution in [2.45, 2.75) is 32.4 Å². The summed E-state index contributed by atoms with van der Waals surface area (Å²) in [4.78, 5) is 0. The highest BCUT2D eigenvalue weighted by molar-refractivity contribution is 8.00. The highest BCUT2D eigenvalue weighted by atomic mass is 32.2. The Kier molecular flexibility index (Phi) is 1.61. The van der Waals surface area contributed by atoms with Gasteiger partial charge in [0.05, 0.1) is 0 Å². The Labute approximate surface area is 73.4 Å². The van der Waals surface area contributed by atoms with E-state index < -0.39 is 0 Å². The summed E-state index contributed by atoms with van der Waals surface area (Å²) in [5, 5.41) is 0.892. The molecule has 0 N–H and O–H groups in total. The molecule has 0 saturated carbocycles. The number of hydrogen-bond acceptors (Lipinski definition) is 1. The van der Waals surface area contributed by atoms with Crippen LogP contribution in [-0.4, -0.2) is 11.0 Å². The van der Waals surface area contributed by atoms with Crippen molar-refractivity contribution in [3.8, 4) is 0 Å². The van der Waals surface area contributed by atoms with Gasteiger partial charge in [0, 0.05) is 11.0 Å². The molecule has 3 rings (SSSR count). The Morgan fingerprint density at radius 2 is 2.09 bits per heavy atom. The smallest absolute Gasteiger partial charge is 0.0267 e. The van der Waals surface area contributed by atoms with Gasteiger partial charge in [-0.05, 0) is 17.8 Å². The zero-order chi connectivity index (χ0) is 8.06. The summed E-state index contributed by atoms with van der Waals surface area (Å²) in [6, 6.07) is 0. The van der Waals surface area contributed by atoms with Gasteiger partial charge in [0.15, 0.2) is 0 Å². The summed E-state index contributed by atoms with van der Waals surface area (Å²) in [5.74, 6) is 2.22. The summed E-state index contributed by atoms with van der Waals surface area (Å²) >= 11 is 2.14. The number of fused-ring (bicyclic) bond motifs is 2. The van der Waals surface area contributed by atoms with Crippen LogP contribution in [0, 0.1) is 11.3 Å². The van der Waals surface area contributed by atoms with E-state index in [1.54, 1.807) is 5.57 Å². The third-order valence-corrected chi connectivity index (χ3v) is 4.06. The van der Waals surface area contributed by atoms with Crippen LogP contribution in [0.1, 0.15) is 27.2 Å². The van der Waals surface area contributed by atoms with Gasteiger partial charge in [-0.3, -0.25) is 0 Å². The van der Waals surface area contributed by atoms with Crippen molar-refractivity contribution in [2.24, 2.45) is 11.3 Å². The largest absolute Gasteiger partial charge is 0.153 e. The second-order valence-corrected chi connectivity index (χ2v) is 6.01. The van der Waals surface area contributed by atoms with Gasteiger partial charge >= 0.3 is 0 Å². The first-order chi connectivity index (χ1) is 5.07. The van der Waals surface area contributed by atoms with Gasteiger partial charge < -0.3 is 0 Å². The van der Waals surface area contributed by atoms with Gasteiger partial charge in [0.2, 0.25) is 0 Å². The zero-order valence-corrected chi connectivity index (χ0v) is 8.37. The lowest BCUT2D eigenvalue weighted by atomic mass is 9.72. The third kappa shape index (κ3) is 1.24. The first kappa shape index (κ1) is 7.72. The number of hydrogen-bond donors (Lipinski definition) is 0. The molecule has 0 nitrogen and oxygen atoms in total. The molecule has 2 aliphatic heterocycles. The number of allylic oxidation sites excluding steroid dienone is 1. The van der Waals surface area contributed by atoms with Gasteiger partial charge in [-0.25, -0.2) is 0 Å². The predicted octanol–water partition coefficient (Wildman–Crippen LogP) is 3.09. The van der Waals surface area contributed by atoms with Crippen LogP contribution in [-0.2, 0) is 0 Å². The fourth-order valence-corrected chi connectivity index (χ4v) is 3.67. The van der Waals surface area contributed by atoms with Crippen LogP contribution in [0.15, 0.2) is 11.6 Å². The maximum absolute atomic E-state index is 2.48. The predicted molar refractivity (Wildman–Crippen MR) is 51.9 cm³/mol. The second kappa shape index (κ2) is 2.29. The molecule has 11 heavy (non-hydrogen) atoms. The first-order valence-electron chi connectivity index (χ1n) is 4.39. The maximum Gasteiger partial charge on any atom is 0.0267 e. The molecule has 0 spiro atoms. The SMILES string of the molecule is CC(C)(C)[C@@H]1CS[C@@H]2C=C1C2. The Bertz CT molecular complexity index is 197. The molecule has 0 aromatic heterocycles. The molecule has 2 bridgehead atoms. The van der Waals surface area contributed by atoms with Crippen LogP contribution >= 0.6 is 11.8 Å². The highest BCUT2D eigenvalue weighted by Gasteiger charge is 2.38. The van der Waals surface area contributed by atoms with Crippen molar-refractivity contribution in [3.05, 3.63) is 11.6 Å². The minimum absolute atomic E-state index is 0.490. The van der Waals surface area contributed by atoms with Gasteiger partial charge in [0.25, 0.3) is 0 Å². The van der Waals surface area contributed by atoms with Gasteiger partial charge in [-0.15, -0.1) is 0 Å². The summed E-state index contributed by atoms with van der Waals surface area (Å²) in [5.41, 5.74) is 2.23. The molecule has 3 aliphatic rings. The van der Waals surface area contributed by atoms with E-state index in [9.17, 15) is 0 Å². The van der Waals surface area contributed by atoms with Gasteiger partial charge in [0.1, 0.15) is 0 Å². The first-order valence-corrected chi connectivity index (χ1v) is 5.44. The molecule has 0 unspecified atom stereocenters. The molecular formula is C10H16S. The van der Waals surface area contributed by atoms with Gasteiger partial charge in [-0.1, -0.05) is 32.4 Å². The quantitative estimate of drug-likeness (QED) is 0.501. The van der Waals surface area contributed by atoms with E-state index in [0.29, 0.717) is 5.41 Å². The van der Waals surface area contributed by atoms with Crippen molar-refractivity contribution in [1.82, 2.24) is 0 Å². The number of thioether (sulfide) groups is 1. The van der Waals surface area contributed by atoms with E-state index >= 15 is 0 Å². The average molecular weight is 168 g/mol. The Morgan fingerprint density at radius 3 is 2.36 bits per heavy atom. The highest BCUT2D eigenvalue weighted by Crippen LogP contribution is 2.49. The normalized spacial score (nSPS) is 36.1. The molecule has 1 fully saturated rings. The minimum Gasteiger partial charge on any atom is -0.153 e. The Hall–Kier alpha value is 0.0900. The lowest BCUT2D eigenvalue weighted by Crippen LogP contribution is -2.35. The molecular weight excluding hydrogens is 152 g/mol. The van der Waals surface area contributed by atoms with E-state index in [4.69, 9.17) is 0 Å². The summed E-state index contributed by atoms with van der Waals surface area (Å²) in [7, 11) is 0. The second-order valence-electron chi connectivity index (χ2n) is 4.74. The summed E-state index contributed by atoms with van der Waals surface area (Å²) in [6.07, 6.45) is 3.86. The van der Waals surface area contributed by atoms with E-state index in [1.165, 1.54) is 12.2 Å². The van der Waals surface area contributed by atoms with Crippen LogP contribution in [0.5, 0.6) is 0 Å². The molecule has 1 saturated heterocycles. The molecule has 0 aromatic carbocycles. The van der Waals surface area contributed by atoms with Crippen molar-refractivity contribution in [1.29, 1.82) is 0 Å². The minimum atomic E-state index is 0.490. The fraction of sp³-hybridized carbons (Fsp3) is 0.800. The van der Waals surface area contributed by atoms with Crippen molar-refractivity contribution < 1.29 is 0 Å². The van der Waals surface area contributed by atoms with Crippen LogP contribution in [0.4, 0.5) is 0 Å². The molecule has 0 amide bonds. The van der Waals surface area contributed by atoms with Crippen LogP contribution in [0.25, 0.3) is 0 Å². The number of rotatable bonds is 0.